The molecule has 0 bridgehead atoms. The summed E-state index contributed by atoms with van der Waals surface area (Å²) in [7, 11) is 0. The summed E-state index contributed by atoms with van der Waals surface area (Å²) < 4.78 is 0. The van der Waals surface area contributed by atoms with Gasteiger partial charge in [-0.1, -0.05) is 27.2 Å². The predicted octanol–water partition coefficient (Wildman–Crippen LogP) is 2.41. The van der Waals surface area contributed by atoms with E-state index in [-0.39, 0.29) is 5.91 Å². The molecule has 4 heteroatoms. The van der Waals surface area contributed by atoms with Gasteiger partial charge in [0.25, 0.3) is 0 Å². The molecule has 1 rings (SSSR count). The lowest BCUT2D eigenvalue weighted by molar-refractivity contribution is -0.118. The Morgan fingerprint density at radius 2 is 2.06 bits per heavy atom. The minimum atomic E-state index is 0.168. The van der Waals surface area contributed by atoms with Crippen molar-refractivity contribution in [3.8, 4) is 0 Å². The molecule has 106 valence electrons. The van der Waals surface area contributed by atoms with Crippen LogP contribution in [0.4, 0.5) is 0 Å². The van der Waals surface area contributed by atoms with E-state index in [2.05, 4.69) is 31.4 Å². The zero-order chi connectivity index (χ0) is 13.6. The number of nitrogens with one attached hydrogen (secondary N) is 2. The summed E-state index contributed by atoms with van der Waals surface area (Å²) in [5.74, 6) is 0.761. The fourth-order valence-electron chi connectivity index (χ4n) is 2.82. The third-order valence-corrected chi connectivity index (χ3v) is 5.11. The van der Waals surface area contributed by atoms with Crippen LogP contribution >= 0.6 is 11.8 Å². The van der Waals surface area contributed by atoms with Crippen molar-refractivity contribution in [2.75, 3.05) is 18.8 Å². The summed E-state index contributed by atoms with van der Waals surface area (Å²) in [6.45, 7) is 10.6. The maximum absolute atomic E-state index is 11.6. The number of carbonyl (C=O) groups is 1. The summed E-state index contributed by atoms with van der Waals surface area (Å²) >= 11 is 1.82. The lowest BCUT2D eigenvalue weighted by Crippen LogP contribution is -2.51. The van der Waals surface area contributed by atoms with Crippen LogP contribution in [0, 0.1) is 5.41 Å². The Morgan fingerprint density at radius 3 is 2.67 bits per heavy atom. The van der Waals surface area contributed by atoms with Gasteiger partial charge in [0, 0.05) is 17.8 Å². The Hall–Kier alpha value is -0.220. The summed E-state index contributed by atoms with van der Waals surface area (Å²) in [5, 5.41) is 7.07. The smallest absolute Gasteiger partial charge is 0.229 e. The zero-order valence-electron chi connectivity index (χ0n) is 12.2. The van der Waals surface area contributed by atoms with E-state index in [1.165, 1.54) is 19.3 Å². The molecule has 1 fully saturated rings. The van der Waals surface area contributed by atoms with E-state index in [0.29, 0.717) is 22.5 Å². The molecule has 0 aromatic heterocycles. The molecule has 3 nitrogen and oxygen atoms in total. The van der Waals surface area contributed by atoms with Gasteiger partial charge in [-0.2, -0.15) is 0 Å². The van der Waals surface area contributed by atoms with E-state index < -0.39 is 0 Å². The minimum Gasteiger partial charge on any atom is -0.356 e. The van der Waals surface area contributed by atoms with Gasteiger partial charge in [-0.3, -0.25) is 4.79 Å². The Labute approximate surface area is 116 Å². The second-order valence-electron chi connectivity index (χ2n) is 5.72. The van der Waals surface area contributed by atoms with E-state index in [1.54, 1.807) is 0 Å². The topological polar surface area (TPSA) is 41.1 Å². The van der Waals surface area contributed by atoms with Gasteiger partial charge in [0.1, 0.15) is 0 Å². The highest BCUT2D eigenvalue weighted by Crippen LogP contribution is 2.40. The second kappa shape index (κ2) is 7.39. The molecular formula is C14H28N2OS. The van der Waals surface area contributed by atoms with Crippen molar-refractivity contribution in [3.63, 3.8) is 0 Å². The van der Waals surface area contributed by atoms with Crippen molar-refractivity contribution >= 4 is 17.7 Å². The SMILES string of the molecule is CCNC(=O)CSC1CCCC(C)(C)C1NCC. The molecule has 0 aromatic carbocycles. The Bertz CT molecular complexity index is 269. The molecule has 1 aliphatic rings. The van der Waals surface area contributed by atoms with Crippen LogP contribution in [-0.4, -0.2) is 36.0 Å². The molecule has 1 aliphatic carbocycles. The molecule has 0 radical (unpaired) electrons. The Balaban J connectivity index is 2.53. The van der Waals surface area contributed by atoms with Crippen LogP contribution in [0.15, 0.2) is 0 Å². The van der Waals surface area contributed by atoms with Gasteiger partial charge in [0.2, 0.25) is 5.91 Å². The largest absolute Gasteiger partial charge is 0.356 e. The van der Waals surface area contributed by atoms with E-state index >= 15 is 0 Å². The van der Waals surface area contributed by atoms with Gasteiger partial charge in [-0.05, 0) is 31.7 Å². The van der Waals surface area contributed by atoms with Gasteiger partial charge >= 0.3 is 0 Å². The normalized spacial score (nSPS) is 26.9. The zero-order valence-corrected chi connectivity index (χ0v) is 13.0. The van der Waals surface area contributed by atoms with Gasteiger partial charge in [-0.25, -0.2) is 0 Å². The first-order valence-electron chi connectivity index (χ1n) is 7.13. The van der Waals surface area contributed by atoms with Crippen LogP contribution < -0.4 is 10.6 Å². The predicted molar refractivity (Wildman–Crippen MR) is 80.0 cm³/mol. The fraction of sp³-hybridized carbons (Fsp3) is 0.929. The fourth-order valence-corrected chi connectivity index (χ4v) is 4.28. The number of rotatable bonds is 6. The van der Waals surface area contributed by atoms with Crippen molar-refractivity contribution < 1.29 is 4.79 Å². The lowest BCUT2D eigenvalue weighted by Gasteiger charge is -2.44. The lowest BCUT2D eigenvalue weighted by atomic mass is 9.73. The summed E-state index contributed by atoms with van der Waals surface area (Å²) in [6.07, 6.45) is 3.79. The number of carbonyl (C=O) groups excluding carboxylic acids is 1. The average molecular weight is 272 g/mol. The van der Waals surface area contributed by atoms with Crippen LogP contribution in [0.3, 0.4) is 0 Å². The molecule has 0 aliphatic heterocycles. The molecule has 0 spiro atoms. The molecule has 1 saturated carbocycles. The second-order valence-corrected chi connectivity index (χ2v) is 6.95. The van der Waals surface area contributed by atoms with E-state index in [4.69, 9.17) is 0 Å². The average Bonchev–Trinajstić information content (AvgIpc) is 2.30. The van der Waals surface area contributed by atoms with Crippen molar-refractivity contribution in [2.24, 2.45) is 5.41 Å². The maximum Gasteiger partial charge on any atom is 0.229 e. The van der Waals surface area contributed by atoms with Crippen molar-refractivity contribution in [1.82, 2.24) is 10.6 Å². The van der Waals surface area contributed by atoms with Crippen LogP contribution in [0.25, 0.3) is 0 Å². The van der Waals surface area contributed by atoms with E-state index in [9.17, 15) is 4.79 Å². The molecule has 18 heavy (non-hydrogen) atoms. The van der Waals surface area contributed by atoms with Gasteiger partial charge in [0.15, 0.2) is 0 Å². The summed E-state index contributed by atoms with van der Waals surface area (Å²) in [6, 6.07) is 0.524. The quantitative estimate of drug-likeness (QED) is 0.780. The molecular weight excluding hydrogens is 244 g/mol. The molecule has 2 unspecified atom stereocenters. The van der Waals surface area contributed by atoms with Crippen molar-refractivity contribution in [3.05, 3.63) is 0 Å². The van der Waals surface area contributed by atoms with Crippen LogP contribution in [0.5, 0.6) is 0 Å². The number of hydrogen-bond acceptors (Lipinski definition) is 3. The molecule has 0 aromatic rings. The van der Waals surface area contributed by atoms with Crippen LogP contribution in [0.2, 0.25) is 0 Å². The van der Waals surface area contributed by atoms with Gasteiger partial charge in [0.05, 0.1) is 5.75 Å². The van der Waals surface area contributed by atoms with Crippen LogP contribution in [-0.2, 0) is 4.79 Å². The first kappa shape index (κ1) is 15.8. The summed E-state index contributed by atoms with van der Waals surface area (Å²) in [4.78, 5) is 11.6. The number of thioether (sulfide) groups is 1. The first-order chi connectivity index (χ1) is 8.51. The Morgan fingerprint density at radius 1 is 1.33 bits per heavy atom. The summed E-state index contributed by atoms with van der Waals surface area (Å²) in [5.41, 5.74) is 0.340. The van der Waals surface area contributed by atoms with E-state index in [0.717, 1.165) is 13.1 Å². The monoisotopic (exact) mass is 272 g/mol. The number of hydrogen-bond donors (Lipinski definition) is 2. The molecule has 2 atom stereocenters. The Kier molecular flexibility index (Phi) is 6.50. The van der Waals surface area contributed by atoms with Gasteiger partial charge < -0.3 is 10.6 Å². The first-order valence-corrected chi connectivity index (χ1v) is 8.17. The highest BCUT2D eigenvalue weighted by molar-refractivity contribution is 8.00. The molecule has 2 N–H and O–H groups in total. The molecule has 0 saturated heterocycles. The number of amides is 1. The van der Waals surface area contributed by atoms with Crippen molar-refractivity contribution in [1.29, 1.82) is 0 Å². The minimum absolute atomic E-state index is 0.168. The highest BCUT2D eigenvalue weighted by atomic mass is 32.2. The van der Waals surface area contributed by atoms with Crippen LogP contribution in [0.1, 0.15) is 47.0 Å². The third-order valence-electron chi connectivity index (χ3n) is 3.75. The molecule has 1 amide bonds. The highest BCUT2D eigenvalue weighted by Gasteiger charge is 2.38. The van der Waals surface area contributed by atoms with Gasteiger partial charge in [-0.15, -0.1) is 11.8 Å². The maximum atomic E-state index is 11.6. The standard InChI is InChI=1S/C14H28N2OS/c1-5-15-12(17)10-18-11-8-7-9-14(3,4)13(11)16-6-2/h11,13,16H,5-10H2,1-4H3,(H,15,17). The third kappa shape index (κ3) is 4.47. The molecule has 0 heterocycles. The van der Waals surface area contributed by atoms with Crippen molar-refractivity contribution in [2.45, 2.75) is 58.2 Å². The van der Waals surface area contributed by atoms with E-state index in [1.807, 2.05) is 18.7 Å².